The zero-order chi connectivity index (χ0) is 41.0. The largest absolute Gasteiger partial charge is 0.462 e. The normalized spacial score (nSPS) is 28.1. The number of likely N-dealkylation sites (tertiary alicyclic amines) is 1. The number of carbonyl (C=O) groups excluding carboxylic acids is 1. The second-order valence-corrected chi connectivity index (χ2v) is 17.3. The highest BCUT2D eigenvalue weighted by Gasteiger charge is 2.70. The van der Waals surface area contributed by atoms with Crippen molar-refractivity contribution in [3.05, 3.63) is 59.1 Å². The number of hydrogen-bond donors (Lipinski definition) is 1. The number of pyridine rings is 1. The number of piperazine rings is 1. The Hall–Kier alpha value is -5.23. The molecule has 0 aliphatic carbocycles. The molecule has 2 aromatic heterocycles. The molecule has 2 bridgehead atoms. The van der Waals surface area contributed by atoms with Crippen molar-refractivity contribution >= 4 is 39.3 Å². The van der Waals surface area contributed by atoms with Crippen LogP contribution in [0.5, 0.6) is 6.01 Å². The Labute approximate surface area is 327 Å². The molecular formula is C42H44F5N7O3. The van der Waals surface area contributed by atoms with Crippen LogP contribution in [0.1, 0.15) is 65.1 Å². The van der Waals surface area contributed by atoms with Crippen molar-refractivity contribution in [2.75, 3.05) is 43.9 Å². The Bertz CT molecular complexity index is 2430. The second-order valence-electron chi connectivity index (χ2n) is 17.3. The van der Waals surface area contributed by atoms with Crippen LogP contribution >= 0.6 is 0 Å². The molecule has 4 aromatic rings. The van der Waals surface area contributed by atoms with E-state index >= 15 is 17.6 Å². The van der Waals surface area contributed by atoms with Crippen LogP contribution in [0.2, 0.25) is 0 Å². The number of fused-ring (bicyclic) bond motifs is 6. The van der Waals surface area contributed by atoms with Gasteiger partial charge in [-0.2, -0.15) is 9.97 Å². The molecule has 8 rings (SSSR count). The molecule has 0 spiro atoms. The summed E-state index contributed by atoms with van der Waals surface area (Å²) < 4.78 is 93.9. The molecule has 15 heteroatoms. The first-order valence-corrected chi connectivity index (χ1v) is 19.0. The van der Waals surface area contributed by atoms with Crippen LogP contribution < -0.4 is 15.4 Å². The Morgan fingerprint density at radius 3 is 2.58 bits per heavy atom. The number of nitrogens with two attached hydrogens (primary N) is 1. The SMILES string of the molecule is C#Cc1c(F)ccc2cc(N)cc(-c3nc4c5c(nc(OC[C@]6(C)CN(C)CC/C6=C\F)nc5c3F)N3C[C@@]5(F)CC[C@@](F)([C@@H]3[C@@H](C)C4)N5C(=O)OC(C)(C)C)c12. The molecule has 1 amide bonds. The molecule has 3 fully saturated rings. The van der Waals surface area contributed by atoms with E-state index in [0.29, 0.717) is 41.7 Å². The highest BCUT2D eigenvalue weighted by atomic mass is 19.2. The predicted octanol–water partition coefficient (Wildman–Crippen LogP) is 8.00. The number of anilines is 2. The van der Waals surface area contributed by atoms with Crippen LogP contribution in [0.3, 0.4) is 0 Å². The molecule has 300 valence electrons. The number of ether oxygens (including phenoxy) is 2. The molecule has 10 nitrogen and oxygen atoms in total. The van der Waals surface area contributed by atoms with Gasteiger partial charge in [0.15, 0.2) is 5.82 Å². The molecule has 0 saturated carbocycles. The summed E-state index contributed by atoms with van der Waals surface area (Å²) in [5.41, 5.74) is 4.89. The molecule has 57 heavy (non-hydrogen) atoms. The highest BCUT2D eigenvalue weighted by Crippen LogP contribution is 2.56. The monoisotopic (exact) mass is 789 g/mol. The molecule has 6 heterocycles. The number of halogens is 5. The van der Waals surface area contributed by atoms with Crippen LogP contribution in [0.15, 0.2) is 36.2 Å². The summed E-state index contributed by atoms with van der Waals surface area (Å²) in [4.78, 5) is 31.8. The van der Waals surface area contributed by atoms with E-state index in [2.05, 4.69) is 10.9 Å². The van der Waals surface area contributed by atoms with E-state index in [-0.39, 0.29) is 82.2 Å². The summed E-state index contributed by atoms with van der Waals surface area (Å²) in [6, 6.07) is 4.18. The number of piperidine rings is 1. The van der Waals surface area contributed by atoms with Crippen molar-refractivity contribution in [2.45, 2.75) is 83.5 Å². The molecule has 2 N–H and O–H groups in total. The van der Waals surface area contributed by atoms with E-state index in [4.69, 9.17) is 31.6 Å². The molecule has 0 unspecified atom stereocenters. The number of amides is 1. The van der Waals surface area contributed by atoms with E-state index in [1.165, 1.54) is 23.1 Å². The first-order chi connectivity index (χ1) is 26.8. The first kappa shape index (κ1) is 38.6. The summed E-state index contributed by atoms with van der Waals surface area (Å²) in [7, 11) is 1.91. The lowest BCUT2D eigenvalue weighted by Gasteiger charge is -2.53. The fourth-order valence-electron chi connectivity index (χ4n) is 9.47. The second kappa shape index (κ2) is 13.2. The lowest BCUT2D eigenvalue weighted by molar-refractivity contribution is -0.139. The van der Waals surface area contributed by atoms with Gasteiger partial charge < -0.3 is 25.0 Å². The van der Waals surface area contributed by atoms with Crippen LogP contribution in [-0.2, 0) is 11.2 Å². The van der Waals surface area contributed by atoms with Gasteiger partial charge in [-0.05, 0) is 75.7 Å². The minimum atomic E-state index is -2.58. The summed E-state index contributed by atoms with van der Waals surface area (Å²) in [6.45, 7) is 8.87. The Morgan fingerprint density at radius 2 is 1.88 bits per heavy atom. The van der Waals surface area contributed by atoms with Crippen molar-refractivity contribution in [2.24, 2.45) is 11.3 Å². The first-order valence-electron chi connectivity index (χ1n) is 19.0. The smallest absolute Gasteiger partial charge is 0.415 e. The Balaban J connectivity index is 1.36. The van der Waals surface area contributed by atoms with Gasteiger partial charge in [0.25, 0.3) is 0 Å². The predicted molar refractivity (Wildman–Crippen MR) is 206 cm³/mol. The number of rotatable bonds is 4. The average Bonchev–Trinajstić information content (AvgIpc) is 3.24. The third-order valence-electron chi connectivity index (χ3n) is 11.9. The van der Waals surface area contributed by atoms with Crippen molar-refractivity contribution in [3.8, 4) is 29.6 Å². The van der Waals surface area contributed by atoms with Gasteiger partial charge >= 0.3 is 12.1 Å². The van der Waals surface area contributed by atoms with Crippen molar-refractivity contribution in [1.29, 1.82) is 0 Å². The average molecular weight is 790 g/mol. The van der Waals surface area contributed by atoms with Crippen LogP contribution in [-0.4, -0.2) is 87.4 Å². The number of nitrogen functional groups attached to an aromatic ring is 1. The molecule has 3 saturated heterocycles. The highest BCUT2D eigenvalue weighted by molar-refractivity contribution is 6.04. The van der Waals surface area contributed by atoms with Crippen molar-refractivity contribution in [1.82, 2.24) is 24.8 Å². The molecule has 4 aliphatic heterocycles. The molecule has 5 atom stereocenters. The topological polar surface area (TPSA) is 110 Å². The van der Waals surface area contributed by atoms with Gasteiger partial charge in [-0.3, -0.25) is 0 Å². The van der Waals surface area contributed by atoms with Gasteiger partial charge in [0.2, 0.25) is 11.6 Å². The summed E-state index contributed by atoms with van der Waals surface area (Å²) >= 11 is 0. The minimum absolute atomic E-state index is 0.0142. The van der Waals surface area contributed by atoms with Crippen molar-refractivity contribution in [3.63, 3.8) is 0 Å². The number of terminal acetylenes is 1. The van der Waals surface area contributed by atoms with E-state index in [1.807, 2.05) is 18.9 Å². The Morgan fingerprint density at radius 1 is 1.12 bits per heavy atom. The standard InChI is InChI=1S/C42H44F5N7O3/c1-8-26-28(44)10-9-23-16-25(48)17-27(30(23)26)33-32(45)34-31-29(49-33)15-22(2)35-42(47)13-12-41(46,54(42)38(55)57-39(3,4)5)20-53(35)36(31)51-37(50-34)56-21-40(6)19-52(7)14-11-24(40)18-43/h1,9-10,16-18,22,35H,11-15,19-21,48H2,2-7H3/b24-18+/t22-,35-,40-,41+,42-/m0/s1. The molecule has 4 aliphatic rings. The van der Waals surface area contributed by atoms with Gasteiger partial charge in [-0.1, -0.05) is 25.8 Å². The van der Waals surface area contributed by atoms with Gasteiger partial charge in [0.05, 0.1) is 35.6 Å². The van der Waals surface area contributed by atoms with Crippen molar-refractivity contribution < 1.29 is 36.2 Å². The zero-order valence-corrected chi connectivity index (χ0v) is 32.7. The number of carbonyl (C=O) groups is 1. The third kappa shape index (κ3) is 6.09. The summed E-state index contributed by atoms with van der Waals surface area (Å²) in [5, 5.41) is 0.735. The minimum Gasteiger partial charge on any atom is -0.462 e. The zero-order valence-electron chi connectivity index (χ0n) is 32.7. The number of hydrogen-bond acceptors (Lipinski definition) is 9. The maximum absolute atomic E-state index is 17.9. The molecule has 0 radical (unpaired) electrons. The quantitative estimate of drug-likeness (QED) is 0.0953. The van der Waals surface area contributed by atoms with Gasteiger partial charge in [0.1, 0.15) is 35.1 Å². The summed E-state index contributed by atoms with van der Waals surface area (Å²) in [5.74, 6) is -5.12. The van der Waals surface area contributed by atoms with E-state index in [1.54, 1.807) is 33.8 Å². The molecule has 2 aromatic carbocycles. The maximum atomic E-state index is 17.9. The number of alkyl halides is 2. The van der Waals surface area contributed by atoms with Crippen LogP contribution in [0.4, 0.5) is 38.3 Å². The maximum Gasteiger partial charge on any atom is 0.415 e. The number of benzene rings is 2. The number of aromatic nitrogens is 3. The third-order valence-corrected chi connectivity index (χ3v) is 11.9. The van der Waals surface area contributed by atoms with E-state index < -0.39 is 58.8 Å². The van der Waals surface area contributed by atoms with Gasteiger partial charge in [0, 0.05) is 48.0 Å². The fourth-order valence-corrected chi connectivity index (χ4v) is 9.47. The molecular weight excluding hydrogens is 745 g/mol. The Kier molecular flexibility index (Phi) is 8.92. The van der Waals surface area contributed by atoms with Crippen LogP contribution in [0.25, 0.3) is 32.9 Å². The van der Waals surface area contributed by atoms with E-state index in [9.17, 15) is 9.18 Å². The van der Waals surface area contributed by atoms with E-state index in [0.717, 1.165) is 0 Å². The summed E-state index contributed by atoms with van der Waals surface area (Å²) in [6.07, 6.45) is 5.04. The lowest BCUT2D eigenvalue weighted by Crippen LogP contribution is -2.72. The van der Waals surface area contributed by atoms with Gasteiger partial charge in [-0.25, -0.2) is 36.6 Å². The van der Waals surface area contributed by atoms with Crippen LogP contribution in [0, 0.1) is 35.3 Å². The number of nitrogens with zero attached hydrogens (tertiary/aromatic N) is 6. The van der Waals surface area contributed by atoms with Gasteiger partial charge in [-0.15, -0.1) is 6.42 Å². The fraction of sp³-hybridized carbons (Fsp3) is 0.476. The lowest BCUT2D eigenvalue weighted by atomic mass is 9.78.